The second-order valence-corrected chi connectivity index (χ2v) is 10.4. The van der Waals surface area contributed by atoms with E-state index in [1.165, 1.54) is 10.8 Å². The van der Waals surface area contributed by atoms with Crippen LogP contribution in [0.2, 0.25) is 0 Å². The molecule has 0 aliphatic carbocycles. The normalized spacial score (nSPS) is 27.0. The second kappa shape index (κ2) is 9.24. The molecule has 2 aliphatic heterocycles. The smallest absolute Gasteiger partial charge is 0.330 e. The molecule has 1 aromatic heterocycles. The minimum Gasteiger partial charge on any atom is -0.350 e. The summed E-state index contributed by atoms with van der Waals surface area (Å²) in [6.07, 6.45) is 2.24. The maximum Gasteiger partial charge on any atom is 0.330 e. The number of hydrogen-bond donors (Lipinski definition) is 2. The van der Waals surface area contributed by atoms with E-state index >= 15 is 0 Å². The summed E-state index contributed by atoms with van der Waals surface area (Å²) in [6.45, 7) is 8.73. The Balaban J connectivity index is 1.68. The van der Waals surface area contributed by atoms with Gasteiger partial charge in [0, 0.05) is 50.6 Å². The molecule has 11 heteroatoms. The number of H-pyrrole nitrogens is 1. The number of ether oxygens (including phenoxy) is 1. The van der Waals surface area contributed by atoms with Crippen molar-refractivity contribution in [3.05, 3.63) is 32.6 Å². The molecule has 29 heavy (non-hydrogen) atoms. The molecule has 2 saturated heterocycles. The van der Waals surface area contributed by atoms with Crippen molar-refractivity contribution in [1.82, 2.24) is 19.1 Å². The van der Waals surface area contributed by atoms with E-state index < -0.39 is 25.0 Å². The Labute approximate surface area is 170 Å². The van der Waals surface area contributed by atoms with Crippen LogP contribution in [0, 0.1) is 6.92 Å². The summed E-state index contributed by atoms with van der Waals surface area (Å²) in [5, 5.41) is 0. The SMILES string of the molecule is CCN1CC(n2cc(C)c(=O)[nH]c2=O)O[C@H](COP(C)(=O)N2CCC(N)CC2)C1. The van der Waals surface area contributed by atoms with Crippen LogP contribution in [-0.2, 0) is 13.8 Å². The standard InChI is InChI=1S/C18H32N5O5P/c1-4-21-10-15(12-27-29(3,26)22-7-5-14(19)6-8-22)28-16(11-21)23-9-13(2)17(24)20-18(23)25/h9,14-16H,4-8,10-12,19H2,1-3H3,(H,20,24,25)/t15-,16?,29?/m0/s1. The summed E-state index contributed by atoms with van der Waals surface area (Å²) in [7, 11) is -2.94. The topological polar surface area (TPSA) is 123 Å². The molecule has 0 aromatic carbocycles. The van der Waals surface area contributed by atoms with Gasteiger partial charge in [-0.2, -0.15) is 0 Å². The summed E-state index contributed by atoms with van der Waals surface area (Å²) in [4.78, 5) is 28.4. The maximum absolute atomic E-state index is 13.1. The predicted molar refractivity (Wildman–Crippen MR) is 110 cm³/mol. The number of aromatic amines is 1. The van der Waals surface area contributed by atoms with Gasteiger partial charge >= 0.3 is 5.69 Å². The van der Waals surface area contributed by atoms with Crippen molar-refractivity contribution in [2.75, 3.05) is 46.0 Å². The Morgan fingerprint density at radius 1 is 1.31 bits per heavy atom. The molecule has 0 spiro atoms. The first kappa shape index (κ1) is 22.4. The quantitative estimate of drug-likeness (QED) is 0.620. The van der Waals surface area contributed by atoms with E-state index in [1.807, 2.05) is 11.6 Å². The van der Waals surface area contributed by atoms with Gasteiger partial charge < -0.3 is 15.0 Å². The highest BCUT2D eigenvalue weighted by Gasteiger charge is 2.34. The monoisotopic (exact) mass is 429 g/mol. The number of aromatic nitrogens is 2. The first-order valence-electron chi connectivity index (χ1n) is 10.1. The average molecular weight is 429 g/mol. The molecule has 0 amide bonds. The number of rotatable bonds is 6. The van der Waals surface area contributed by atoms with E-state index in [9.17, 15) is 14.2 Å². The van der Waals surface area contributed by atoms with Crippen LogP contribution in [0.4, 0.5) is 0 Å². The highest BCUT2D eigenvalue weighted by atomic mass is 31.2. The summed E-state index contributed by atoms with van der Waals surface area (Å²) >= 11 is 0. The van der Waals surface area contributed by atoms with E-state index in [0.717, 1.165) is 19.4 Å². The fourth-order valence-corrected chi connectivity index (χ4v) is 5.31. The predicted octanol–water partition coefficient (Wildman–Crippen LogP) is 0.327. The number of morpholine rings is 1. The van der Waals surface area contributed by atoms with Crippen LogP contribution in [-0.4, -0.2) is 77.3 Å². The second-order valence-electron chi connectivity index (χ2n) is 7.93. The number of aryl methyl sites for hydroxylation is 1. The highest BCUT2D eigenvalue weighted by molar-refractivity contribution is 7.55. The van der Waals surface area contributed by atoms with E-state index in [4.69, 9.17) is 15.0 Å². The van der Waals surface area contributed by atoms with Gasteiger partial charge in [-0.3, -0.25) is 23.8 Å². The van der Waals surface area contributed by atoms with Crippen LogP contribution in [0.3, 0.4) is 0 Å². The van der Waals surface area contributed by atoms with Gasteiger partial charge in [0.25, 0.3) is 13.1 Å². The summed E-state index contributed by atoms with van der Waals surface area (Å²) < 4.78 is 28.3. The minimum absolute atomic E-state index is 0.158. The number of nitrogens with one attached hydrogen (secondary N) is 1. The van der Waals surface area contributed by atoms with E-state index in [0.29, 0.717) is 31.7 Å². The third kappa shape index (κ3) is 5.45. The molecule has 10 nitrogen and oxygen atoms in total. The third-order valence-corrected chi connectivity index (χ3v) is 7.71. The van der Waals surface area contributed by atoms with Gasteiger partial charge in [0.15, 0.2) is 6.23 Å². The molecule has 164 valence electrons. The van der Waals surface area contributed by atoms with E-state index in [2.05, 4.69) is 9.88 Å². The largest absolute Gasteiger partial charge is 0.350 e. The molecule has 2 aliphatic rings. The number of nitrogens with zero attached hydrogens (tertiary/aromatic N) is 3. The Morgan fingerprint density at radius 2 is 2.00 bits per heavy atom. The highest BCUT2D eigenvalue weighted by Crippen LogP contribution is 2.48. The van der Waals surface area contributed by atoms with Crippen LogP contribution in [0.15, 0.2) is 15.8 Å². The van der Waals surface area contributed by atoms with E-state index in [1.54, 1.807) is 13.6 Å². The Hall–Kier alpha value is -1.29. The van der Waals surface area contributed by atoms with Gasteiger partial charge in [-0.05, 0) is 26.3 Å². The van der Waals surface area contributed by atoms with Crippen LogP contribution in [0.1, 0.15) is 31.6 Å². The Bertz CT molecular complexity index is 863. The van der Waals surface area contributed by atoms with Crippen molar-refractivity contribution in [2.45, 2.75) is 45.1 Å². The first-order valence-corrected chi connectivity index (χ1v) is 12.1. The van der Waals surface area contributed by atoms with Gasteiger partial charge in [-0.25, -0.2) is 9.46 Å². The molecular formula is C18H32N5O5P. The lowest BCUT2D eigenvalue weighted by molar-refractivity contribution is -0.132. The molecule has 3 rings (SSSR count). The lowest BCUT2D eigenvalue weighted by atomic mass is 10.1. The molecule has 0 radical (unpaired) electrons. The Kier molecular flexibility index (Phi) is 7.14. The molecular weight excluding hydrogens is 397 g/mol. The van der Waals surface area contributed by atoms with Crippen molar-refractivity contribution in [3.8, 4) is 0 Å². The molecule has 2 fully saturated rings. The van der Waals surface area contributed by atoms with Crippen LogP contribution < -0.4 is 17.0 Å². The number of hydrogen-bond acceptors (Lipinski definition) is 7. The number of likely N-dealkylation sites (N-methyl/N-ethyl adjacent to an activating group) is 1. The van der Waals surface area contributed by atoms with Crippen molar-refractivity contribution in [2.24, 2.45) is 5.73 Å². The number of nitrogens with two attached hydrogens (primary N) is 1. The zero-order valence-electron chi connectivity index (χ0n) is 17.4. The summed E-state index contributed by atoms with van der Waals surface area (Å²) in [5.74, 6) is 0. The Morgan fingerprint density at radius 3 is 2.66 bits per heavy atom. The van der Waals surface area contributed by atoms with Gasteiger partial charge in [0.2, 0.25) is 0 Å². The molecule has 3 atom stereocenters. The molecule has 2 unspecified atom stereocenters. The van der Waals surface area contributed by atoms with Crippen LogP contribution in [0.5, 0.6) is 0 Å². The van der Waals surface area contributed by atoms with E-state index in [-0.39, 0.29) is 18.8 Å². The third-order valence-electron chi connectivity index (χ3n) is 5.66. The van der Waals surface area contributed by atoms with Crippen LogP contribution in [0.25, 0.3) is 0 Å². The molecule has 0 saturated carbocycles. The summed E-state index contributed by atoms with van der Waals surface area (Å²) in [5.41, 5.74) is 5.47. The van der Waals surface area contributed by atoms with Crippen molar-refractivity contribution in [1.29, 1.82) is 0 Å². The average Bonchev–Trinajstić information content (AvgIpc) is 2.69. The van der Waals surface area contributed by atoms with Crippen LogP contribution >= 0.6 is 7.52 Å². The summed E-state index contributed by atoms with van der Waals surface area (Å²) in [6, 6.07) is 0.158. The fraction of sp³-hybridized carbons (Fsp3) is 0.778. The molecule has 0 bridgehead atoms. The zero-order valence-corrected chi connectivity index (χ0v) is 18.3. The number of piperidine rings is 1. The molecule has 3 heterocycles. The van der Waals surface area contributed by atoms with Crippen molar-refractivity contribution < 1.29 is 13.8 Å². The zero-order chi connectivity index (χ0) is 21.2. The van der Waals surface area contributed by atoms with Gasteiger partial charge in [-0.15, -0.1) is 0 Å². The van der Waals surface area contributed by atoms with Gasteiger partial charge in [0.05, 0.1) is 12.7 Å². The fourth-order valence-electron chi connectivity index (χ4n) is 3.75. The lowest BCUT2D eigenvalue weighted by Gasteiger charge is -2.39. The molecule has 3 N–H and O–H groups in total. The minimum atomic E-state index is -2.94. The lowest BCUT2D eigenvalue weighted by Crippen LogP contribution is -2.49. The van der Waals surface area contributed by atoms with Gasteiger partial charge in [0.1, 0.15) is 0 Å². The molecule has 1 aromatic rings. The first-order chi connectivity index (χ1) is 13.7. The van der Waals surface area contributed by atoms with Crippen molar-refractivity contribution >= 4 is 7.52 Å². The maximum atomic E-state index is 13.1. The van der Waals surface area contributed by atoms with Crippen molar-refractivity contribution in [3.63, 3.8) is 0 Å². The van der Waals surface area contributed by atoms with Gasteiger partial charge in [-0.1, -0.05) is 6.92 Å².